The van der Waals surface area contributed by atoms with Gasteiger partial charge in [-0.05, 0) is 12.1 Å². The average molecular weight is 246 g/mol. The van der Waals surface area contributed by atoms with Crippen molar-refractivity contribution in [3.8, 4) is 5.75 Å². The van der Waals surface area contributed by atoms with Gasteiger partial charge >= 0.3 is 0 Å². The zero-order valence-corrected chi connectivity index (χ0v) is 10.7. The Kier molecular flexibility index (Phi) is 3.72. The largest absolute Gasteiger partial charge is 0.497 e. The summed E-state index contributed by atoms with van der Waals surface area (Å²) < 4.78 is 7.05. The topological polar surface area (TPSA) is 65.1 Å². The molecule has 0 unspecified atom stereocenters. The number of ether oxygens (including phenoxy) is 1. The molecule has 0 aliphatic carbocycles. The molecule has 0 atom stereocenters. The SMILES string of the molecule is COc1cc(N)cc(NCCc2ccnn2C)c1. The molecule has 0 saturated carbocycles. The van der Waals surface area contributed by atoms with Crippen molar-refractivity contribution >= 4 is 11.4 Å². The monoisotopic (exact) mass is 246 g/mol. The van der Waals surface area contributed by atoms with E-state index >= 15 is 0 Å². The van der Waals surface area contributed by atoms with Gasteiger partial charge in [0, 0.05) is 55.4 Å². The quantitative estimate of drug-likeness (QED) is 0.788. The summed E-state index contributed by atoms with van der Waals surface area (Å²) in [5.74, 6) is 0.762. The third kappa shape index (κ3) is 2.94. The molecular weight excluding hydrogens is 228 g/mol. The normalized spacial score (nSPS) is 10.3. The van der Waals surface area contributed by atoms with Gasteiger partial charge in [0.1, 0.15) is 5.75 Å². The van der Waals surface area contributed by atoms with Crippen LogP contribution in [0.15, 0.2) is 30.5 Å². The molecule has 2 aromatic rings. The van der Waals surface area contributed by atoms with Gasteiger partial charge in [-0.1, -0.05) is 0 Å². The number of nitrogens with zero attached hydrogens (tertiary/aromatic N) is 2. The summed E-state index contributed by atoms with van der Waals surface area (Å²) in [5.41, 5.74) is 8.64. The van der Waals surface area contributed by atoms with Crippen LogP contribution in [0.5, 0.6) is 5.75 Å². The molecule has 0 radical (unpaired) electrons. The molecule has 0 saturated heterocycles. The van der Waals surface area contributed by atoms with E-state index in [0.717, 1.165) is 24.4 Å². The smallest absolute Gasteiger partial charge is 0.122 e. The second-order valence-corrected chi connectivity index (χ2v) is 4.12. The molecule has 18 heavy (non-hydrogen) atoms. The minimum atomic E-state index is 0.692. The Balaban J connectivity index is 1.94. The van der Waals surface area contributed by atoms with E-state index in [1.54, 1.807) is 19.4 Å². The predicted octanol–water partition coefficient (Wildman–Crippen LogP) is 1.67. The lowest BCUT2D eigenvalue weighted by Gasteiger charge is -2.09. The Morgan fingerprint density at radius 2 is 2.22 bits per heavy atom. The molecule has 0 bridgehead atoms. The first-order valence-corrected chi connectivity index (χ1v) is 5.84. The van der Waals surface area contributed by atoms with Crippen molar-refractivity contribution in [1.82, 2.24) is 9.78 Å². The van der Waals surface area contributed by atoms with Crippen LogP contribution in [0.4, 0.5) is 11.4 Å². The third-order valence-electron chi connectivity index (χ3n) is 2.80. The Bertz CT molecular complexity index is 521. The number of benzene rings is 1. The van der Waals surface area contributed by atoms with Crippen molar-refractivity contribution in [1.29, 1.82) is 0 Å². The van der Waals surface area contributed by atoms with E-state index in [-0.39, 0.29) is 0 Å². The lowest BCUT2D eigenvalue weighted by Crippen LogP contribution is -2.08. The Labute approximate surface area is 107 Å². The number of anilines is 2. The third-order valence-corrected chi connectivity index (χ3v) is 2.80. The second kappa shape index (κ2) is 5.44. The van der Waals surface area contributed by atoms with Crippen LogP contribution in [0.2, 0.25) is 0 Å². The Morgan fingerprint density at radius 1 is 1.39 bits per heavy atom. The number of aryl methyl sites for hydroxylation is 1. The molecular formula is C13H18N4O. The fraction of sp³-hybridized carbons (Fsp3) is 0.308. The van der Waals surface area contributed by atoms with Gasteiger partial charge in [0.05, 0.1) is 7.11 Å². The maximum atomic E-state index is 5.79. The minimum absolute atomic E-state index is 0.692. The fourth-order valence-electron chi connectivity index (χ4n) is 1.82. The van der Waals surface area contributed by atoms with Crippen LogP contribution < -0.4 is 15.8 Å². The number of hydrogen-bond acceptors (Lipinski definition) is 4. The van der Waals surface area contributed by atoms with Crippen LogP contribution in [0, 0.1) is 0 Å². The number of hydrogen-bond donors (Lipinski definition) is 2. The Morgan fingerprint density at radius 3 is 2.89 bits per heavy atom. The summed E-state index contributed by atoms with van der Waals surface area (Å²) in [6.07, 6.45) is 2.71. The van der Waals surface area contributed by atoms with Gasteiger partial charge < -0.3 is 15.8 Å². The van der Waals surface area contributed by atoms with Gasteiger partial charge in [-0.2, -0.15) is 5.10 Å². The van der Waals surface area contributed by atoms with Gasteiger partial charge in [-0.25, -0.2) is 0 Å². The number of methoxy groups -OCH3 is 1. The van der Waals surface area contributed by atoms with Crippen molar-refractivity contribution in [2.75, 3.05) is 24.7 Å². The minimum Gasteiger partial charge on any atom is -0.497 e. The van der Waals surface area contributed by atoms with Crippen molar-refractivity contribution in [2.45, 2.75) is 6.42 Å². The maximum Gasteiger partial charge on any atom is 0.122 e. The molecule has 96 valence electrons. The second-order valence-electron chi connectivity index (χ2n) is 4.12. The van der Waals surface area contributed by atoms with Gasteiger partial charge in [-0.3, -0.25) is 4.68 Å². The molecule has 1 heterocycles. The Hall–Kier alpha value is -2.17. The zero-order chi connectivity index (χ0) is 13.0. The van der Waals surface area contributed by atoms with E-state index in [0.29, 0.717) is 5.69 Å². The lowest BCUT2D eigenvalue weighted by atomic mass is 10.2. The summed E-state index contributed by atoms with van der Waals surface area (Å²) >= 11 is 0. The highest BCUT2D eigenvalue weighted by Crippen LogP contribution is 2.22. The maximum absolute atomic E-state index is 5.79. The van der Waals surface area contributed by atoms with Gasteiger partial charge in [0.15, 0.2) is 0 Å². The first kappa shape index (κ1) is 12.3. The van der Waals surface area contributed by atoms with Gasteiger partial charge in [-0.15, -0.1) is 0 Å². The number of aromatic nitrogens is 2. The predicted molar refractivity (Wildman–Crippen MR) is 72.8 cm³/mol. The van der Waals surface area contributed by atoms with Crippen molar-refractivity contribution in [3.63, 3.8) is 0 Å². The molecule has 3 N–H and O–H groups in total. The molecule has 1 aromatic carbocycles. The van der Waals surface area contributed by atoms with Crippen LogP contribution >= 0.6 is 0 Å². The molecule has 0 spiro atoms. The fourth-order valence-corrected chi connectivity index (χ4v) is 1.82. The molecule has 0 aliphatic rings. The molecule has 0 amide bonds. The zero-order valence-electron chi connectivity index (χ0n) is 10.7. The summed E-state index contributed by atoms with van der Waals surface area (Å²) in [6, 6.07) is 7.64. The number of nitrogens with two attached hydrogens (primary N) is 1. The van der Waals surface area contributed by atoms with E-state index < -0.39 is 0 Å². The van der Waals surface area contributed by atoms with Gasteiger partial charge in [0.2, 0.25) is 0 Å². The standard InChI is InChI=1S/C13H18N4O/c1-17-12(4-6-16-17)3-5-15-11-7-10(14)8-13(9-11)18-2/h4,6-9,15H,3,5,14H2,1-2H3. The van der Waals surface area contributed by atoms with E-state index in [9.17, 15) is 0 Å². The number of nitrogen functional groups attached to an aromatic ring is 1. The van der Waals surface area contributed by atoms with E-state index in [2.05, 4.69) is 10.4 Å². The van der Waals surface area contributed by atoms with Crippen LogP contribution in [0.1, 0.15) is 5.69 Å². The highest BCUT2D eigenvalue weighted by atomic mass is 16.5. The summed E-state index contributed by atoms with van der Waals surface area (Å²) in [4.78, 5) is 0. The van der Waals surface area contributed by atoms with Crippen molar-refractivity contribution in [3.05, 3.63) is 36.2 Å². The summed E-state index contributed by atoms with van der Waals surface area (Å²) in [7, 11) is 3.58. The molecule has 0 fully saturated rings. The lowest BCUT2D eigenvalue weighted by molar-refractivity contribution is 0.415. The summed E-state index contributed by atoms with van der Waals surface area (Å²) in [5, 5.41) is 7.46. The van der Waals surface area contributed by atoms with Gasteiger partial charge in [0.25, 0.3) is 0 Å². The highest BCUT2D eigenvalue weighted by molar-refractivity contribution is 5.59. The molecule has 1 aromatic heterocycles. The van der Waals surface area contributed by atoms with Crippen LogP contribution in [0.3, 0.4) is 0 Å². The van der Waals surface area contributed by atoms with Crippen LogP contribution in [0.25, 0.3) is 0 Å². The first-order valence-electron chi connectivity index (χ1n) is 5.84. The number of rotatable bonds is 5. The van der Waals surface area contributed by atoms with E-state index in [1.807, 2.05) is 29.9 Å². The highest BCUT2D eigenvalue weighted by Gasteiger charge is 2.01. The molecule has 5 heteroatoms. The molecule has 2 rings (SSSR count). The van der Waals surface area contributed by atoms with E-state index in [1.165, 1.54) is 5.69 Å². The van der Waals surface area contributed by atoms with Crippen LogP contribution in [-0.4, -0.2) is 23.4 Å². The average Bonchev–Trinajstić information content (AvgIpc) is 2.74. The number of nitrogens with one attached hydrogen (secondary N) is 1. The summed E-state index contributed by atoms with van der Waals surface area (Å²) in [6.45, 7) is 0.826. The van der Waals surface area contributed by atoms with Crippen molar-refractivity contribution in [2.24, 2.45) is 7.05 Å². The molecule has 5 nitrogen and oxygen atoms in total. The van der Waals surface area contributed by atoms with Crippen molar-refractivity contribution < 1.29 is 4.74 Å². The van der Waals surface area contributed by atoms with E-state index in [4.69, 9.17) is 10.5 Å². The van der Waals surface area contributed by atoms with Crippen LogP contribution in [-0.2, 0) is 13.5 Å². The molecule has 0 aliphatic heterocycles. The first-order chi connectivity index (χ1) is 8.69.